The minimum Gasteiger partial charge on any atom is -0.505 e. The van der Waals surface area contributed by atoms with Crippen LogP contribution in [0.1, 0.15) is 19.4 Å². The van der Waals surface area contributed by atoms with Crippen molar-refractivity contribution in [1.29, 1.82) is 0 Å². The second kappa shape index (κ2) is 7.58. The number of phenolic OH excluding ortho intramolecular Hbond substituents is 1. The molecule has 6 nitrogen and oxygen atoms in total. The lowest BCUT2D eigenvalue weighted by Crippen LogP contribution is -2.42. The molecule has 9 heteroatoms. The molecule has 1 aromatic rings. The van der Waals surface area contributed by atoms with Crippen molar-refractivity contribution in [3.8, 4) is 5.75 Å². The molecule has 0 aromatic heterocycles. The van der Waals surface area contributed by atoms with Gasteiger partial charge in [0.05, 0.1) is 21.0 Å². The molecule has 0 saturated carbocycles. The number of carbonyl (C=O) groups is 3. The van der Waals surface area contributed by atoms with Crippen LogP contribution in [0.5, 0.6) is 5.75 Å². The van der Waals surface area contributed by atoms with Crippen molar-refractivity contribution in [2.24, 2.45) is 0 Å². The largest absolute Gasteiger partial charge is 0.505 e. The highest BCUT2D eigenvalue weighted by Crippen LogP contribution is 2.37. The van der Waals surface area contributed by atoms with E-state index in [9.17, 15) is 19.5 Å². The molecular weight excluding hydrogens is 422 g/mol. The number of hydrogen-bond donors (Lipinski definition) is 1. The summed E-state index contributed by atoms with van der Waals surface area (Å²) in [7, 11) is 0. The van der Waals surface area contributed by atoms with E-state index in [1.54, 1.807) is 13.0 Å². The summed E-state index contributed by atoms with van der Waals surface area (Å²) in [5.74, 6) is -1.33. The number of carbonyl (C=O) groups excluding carboxylic acids is 3. The molecule has 0 spiro atoms. The monoisotopic (exact) mass is 433 g/mol. The number of esters is 1. The van der Waals surface area contributed by atoms with Crippen LogP contribution >= 0.6 is 39.3 Å². The third-order valence-corrected chi connectivity index (χ3v) is 4.95. The summed E-state index contributed by atoms with van der Waals surface area (Å²) in [6.07, 6.45) is 1.47. The summed E-state index contributed by atoms with van der Waals surface area (Å²) in [4.78, 5) is 37.3. The molecule has 1 aromatic carbocycles. The normalized spacial score (nSPS) is 17.5. The molecule has 0 bridgehead atoms. The third-order valence-electron chi connectivity index (χ3n) is 3.18. The quantitative estimate of drug-likeness (QED) is 0.573. The maximum atomic E-state index is 12.4. The van der Waals surface area contributed by atoms with Gasteiger partial charge in [-0.1, -0.05) is 11.6 Å². The minimum atomic E-state index is -1.00. The molecule has 1 N–H and O–H groups in total. The molecule has 1 saturated heterocycles. The first-order chi connectivity index (χ1) is 11.3. The summed E-state index contributed by atoms with van der Waals surface area (Å²) in [5.41, 5.74) is 0.527. The summed E-state index contributed by atoms with van der Waals surface area (Å²) >= 11 is 9.76. The van der Waals surface area contributed by atoms with Crippen molar-refractivity contribution < 1.29 is 24.2 Å². The van der Waals surface area contributed by atoms with E-state index in [0.717, 1.165) is 16.7 Å². The first-order valence-electron chi connectivity index (χ1n) is 6.88. The zero-order chi connectivity index (χ0) is 18.0. The number of halogens is 2. The predicted molar refractivity (Wildman–Crippen MR) is 94.7 cm³/mol. The fraction of sp³-hybridized carbons (Fsp3) is 0.267. The number of amides is 2. The SMILES string of the molecule is CCOC(=O)[C@@H](C)N1C(=O)S/C(=C/c2cc(Cl)c(O)c(Br)c2)C1=O. The van der Waals surface area contributed by atoms with Crippen LogP contribution in [0.25, 0.3) is 6.08 Å². The first-order valence-corrected chi connectivity index (χ1v) is 8.86. The first kappa shape index (κ1) is 18.8. The Labute approximate surface area is 155 Å². The zero-order valence-electron chi connectivity index (χ0n) is 12.7. The van der Waals surface area contributed by atoms with Crippen molar-refractivity contribution in [2.75, 3.05) is 6.61 Å². The lowest BCUT2D eigenvalue weighted by molar-refractivity contribution is -0.150. The number of aromatic hydroxyl groups is 1. The van der Waals surface area contributed by atoms with Gasteiger partial charge in [0.15, 0.2) is 0 Å². The highest BCUT2D eigenvalue weighted by atomic mass is 79.9. The van der Waals surface area contributed by atoms with Gasteiger partial charge in [-0.05, 0) is 65.3 Å². The number of nitrogens with zero attached hydrogens (tertiary/aromatic N) is 1. The van der Waals surface area contributed by atoms with Gasteiger partial charge >= 0.3 is 5.97 Å². The molecule has 1 aliphatic heterocycles. The highest BCUT2D eigenvalue weighted by Gasteiger charge is 2.41. The third kappa shape index (κ3) is 3.76. The molecule has 1 fully saturated rings. The van der Waals surface area contributed by atoms with Gasteiger partial charge in [0.1, 0.15) is 11.8 Å². The lowest BCUT2D eigenvalue weighted by Gasteiger charge is -2.19. The zero-order valence-corrected chi connectivity index (χ0v) is 15.9. The van der Waals surface area contributed by atoms with Crippen LogP contribution in [0.3, 0.4) is 0 Å². The van der Waals surface area contributed by atoms with Crippen molar-refractivity contribution >= 4 is 62.5 Å². The average Bonchev–Trinajstić information content (AvgIpc) is 2.78. The van der Waals surface area contributed by atoms with Gasteiger partial charge in [-0.2, -0.15) is 0 Å². The van der Waals surface area contributed by atoms with E-state index >= 15 is 0 Å². The molecule has 24 heavy (non-hydrogen) atoms. The second-order valence-corrected chi connectivity index (χ2v) is 7.07. The fourth-order valence-electron chi connectivity index (χ4n) is 2.00. The Balaban J connectivity index is 2.30. The average molecular weight is 435 g/mol. The maximum absolute atomic E-state index is 12.4. The van der Waals surface area contributed by atoms with E-state index in [-0.39, 0.29) is 22.3 Å². The van der Waals surface area contributed by atoms with Crippen molar-refractivity contribution in [3.63, 3.8) is 0 Å². The van der Waals surface area contributed by atoms with Crippen molar-refractivity contribution in [2.45, 2.75) is 19.9 Å². The summed E-state index contributed by atoms with van der Waals surface area (Å²) in [6, 6.07) is 2.02. The summed E-state index contributed by atoms with van der Waals surface area (Å²) in [5, 5.41) is 9.19. The number of ether oxygens (including phenoxy) is 1. The van der Waals surface area contributed by atoms with Crippen LogP contribution in [0, 0.1) is 0 Å². The molecule has 1 atom stereocenters. The Morgan fingerprint density at radius 2 is 2.17 bits per heavy atom. The van der Waals surface area contributed by atoms with Gasteiger partial charge in [-0.3, -0.25) is 14.5 Å². The molecule has 0 unspecified atom stereocenters. The maximum Gasteiger partial charge on any atom is 0.329 e. The fourth-order valence-corrected chi connectivity index (χ4v) is 3.73. The topological polar surface area (TPSA) is 83.9 Å². The molecule has 128 valence electrons. The number of imide groups is 1. The molecular formula is C15H13BrClNO5S. The van der Waals surface area contributed by atoms with Crippen LogP contribution < -0.4 is 0 Å². The van der Waals surface area contributed by atoms with E-state index in [1.165, 1.54) is 19.1 Å². The summed E-state index contributed by atoms with van der Waals surface area (Å²) < 4.78 is 5.21. The van der Waals surface area contributed by atoms with Crippen LogP contribution in [-0.4, -0.2) is 39.8 Å². The molecule has 0 aliphatic carbocycles. The molecule has 1 heterocycles. The number of benzene rings is 1. The van der Waals surface area contributed by atoms with Gasteiger partial charge < -0.3 is 9.84 Å². The molecule has 2 rings (SSSR count). The van der Waals surface area contributed by atoms with E-state index in [2.05, 4.69) is 15.9 Å². The van der Waals surface area contributed by atoms with Gasteiger partial charge in [0.25, 0.3) is 11.1 Å². The molecule has 2 amide bonds. The van der Waals surface area contributed by atoms with Gasteiger partial charge in [0, 0.05) is 0 Å². The Kier molecular flexibility index (Phi) is 5.95. The predicted octanol–water partition coefficient (Wildman–Crippen LogP) is 3.80. The van der Waals surface area contributed by atoms with Crippen LogP contribution in [0.15, 0.2) is 21.5 Å². The van der Waals surface area contributed by atoms with Crippen LogP contribution in [0.2, 0.25) is 5.02 Å². The Morgan fingerprint density at radius 1 is 1.50 bits per heavy atom. The number of rotatable bonds is 4. The van der Waals surface area contributed by atoms with E-state index in [1.807, 2.05) is 0 Å². The van der Waals surface area contributed by atoms with E-state index in [0.29, 0.717) is 10.0 Å². The van der Waals surface area contributed by atoms with Gasteiger partial charge in [-0.15, -0.1) is 0 Å². The number of hydrogen-bond acceptors (Lipinski definition) is 6. The molecule has 0 radical (unpaired) electrons. The van der Waals surface area contributed by atoms with E-state index in [4.69, 9.17) is 16.3 Å². The van der Waals surface area contributed by atoms with Crippen molar-refractivity contribution in [3.05, 3.63) is 32.1 Å². The standard InChI is InChI=1S/C15H13BrClNO5S/c1-3-23-14(21)7(2)18-13(20)11(24-15(18)22)6-8-4-9(16)12(19)10(17)5-8/h4-7,19H,3H2,1-2H3/b11-6+/t7-/m1/s1. The molecule has 1 aliphatic rings. The second-order valence-electron chi connectivity index (χ2n) is 4.81. The Bertz CT molecular complexity index is 728. The Morgan fingerprint density at radius 3 is 2.75 bits per heavy atom. The number of thioether (sulfide) groups is 1. The summed E-state index contributed by atoms with van der Waals surface area (Å²) in [6.45, 7) is 3.24. The van der Waals surface area contributed by atoms with Crippen LogP contribution in [0.4, 0.5) is 4.79 Å². The van der Waals surface area contributed by atoms with Crippen molar-refractivity contribution in [1.82, 2.24) is 4.90 Å². The lowest BCUT2D eigenvalue weighted by atomic mass is 10.2. The highest BCUT2D eigenvalue weighted by molar-refractivity contribution is 9.10. The number of phenols is 1. The van der Waals surface area contributed by atoms with E-state index < -0.39 is 23.2 Å². The minimum absolute atomic E-state index is 0.106. The Hall–Kier alpha value is -1.51. The van der Waals surface area contributed by atoms with Gasteiger partial charge in [0.2, 0.25) is 0 Å². The van der Waals surface area contributed by atoms with Gasteiger partial charge in [-0.25, -0.2) is 4.79 Å². The smallest absolute Gasteiger partial charge is 0.329 e. The van der Waals surface area contributed by atoms with Crippen LogP contribution in [-0.2, 0) is 14.3 Å².